The fourth-order valence-electron chi connectivity index (χ4n) is 1.66. The van der Waals surface area contributed by atoms with E-state index in [1.807, 2.05) is 0 Å². The quantitative estimate of drug-likeness (QED) is 0.722. The van der Waals surface area contributed by atoms with Crippen LogP contribution in [0.15, 0.2) is 18.2 Å². The van der Waals surface area contributed by atoms with Gasteiger partial charge in [0.15, 0.2) is 0 Å². The number of Topliss-reactive ketones (excluding diaryl/α,β-unsaturated/α-hetero) is 1. The molecule has 1 aliphatic rings. The van der Waals surface area contributed by atoms with Gasteiger partial charge in [-0.25, -0.2) is 4.39 Å². The van der Waals surface area contributed by atoms with E-state index in [-0.39, 0.29) is 17.5 Å². The fourth-order valence-corrected chi connectivity index (χ4v) is 1.66. The molecule has 0 heterocycles. The van der Waals surface area contributed by atoms with E-state index in [0.717, 1.165) is 12.0 Å². The molecule has 1 saturated carbocycles. The number of benzene rings is 1. The molecule has 2 rings (SSSR count). The molecule has 1 aliphatic carbocycles. The molecule has 14 heavy (non-hydrogen) atoms. The van der Waals surface area contributed by atoms with Gasteiger partial charge < -0.3 is 4.74 Å². The number of carbonyl (C=O) groups excluding carboxylic acids is 1. The molecule has 1 aromatic carbocycles. The molecule has 0 bridgehead atoms. The lowest BCUT2D eigenvalue weighted by molar-refractivity contribution is -0.125. The third-order valence-corrected chi connectivity index (χ3v) is 2.60. The van der Waals surface area contributed by atoms with Gasteiger partial charge in [-0.05, 0) is 24.1 Å². The van der Waals surface area contributed by atoms with Crippen LogP contribution < -0.4 is 4.74 Å². The number of ether oxygens (including phenoxy) is 1. The third-order valence-electron chi connectivity index (χ3n) is 2.60. The maximum atomic E-state index is 13.1. The van der Waals surface area contributed by atoms with Gasteiger partial charge in [0.1, 0.15) is 17.3 Å². The minimum absolute atomic E-state index is 0.111. The lowest BCUT2D eigenvalue weighted by atomic mass is 9.78. The SMILES string of the molecule is COc1cc(F)cc(C2CCC2=O)c1. The highest BCUT2D eigenvalue weighted by Gasteiger charge is 2.30. The maximum Gasteiger partial charge on any atom is 0.140 e. The van der Waals surface area contributed by atoms with Crippen LogP contribution in [0.4, 0.5) is 4.39 Å². The van der Waals surface area contributed by atoms with Gasteiger partial charge >= 0.3 is 0 Å². The lowest BCUT2D eigenvalue weighted by Crippen LogP contribution is -2.23. The van der Waals surface area contributed by atoms with Crippen molar-refractivity contribution in [2.45, 2.75) is 18.8 Å². The molecule has 0 aliphatic heterocycles. The summed E-state index contributed by atoms with van der Waals surface area (Å²) in [5.74, 6) is 0.205. The molecule has 1 atom stereocenters. The molecule has 1 aromatic rings. The predicted molar refractivity (Wildman–Crippen MR) is 49.9 cm³/mol. The number of hydrogen-bond donors (Lipinski definition) is 0. The van der Waals surface area contributed by atoms with Gasteiger partial charge in [-0.1, -0.05) is 0 Å². The van der Waals surface area contributed by atoms with Crippen molar-refractivity contribution in [1.82, 2.24) is 0 Å². The Labute approximate surface area is 81.7 Å². The summed E-state index contributed by atoms with van der Waals surface area (Å²) >= 11 is 0. The summed E-state index contributed by atoms with van der Waals surface area (Å²) in [5, 5.41) is 0. The first-order valence-electron chi connectivity index (χ1n) is 4.58. The second kappa shape index (κ2) is 3.40. The summed E-state index contributed by atoms with van der Waals surface area (Å²) in [6.07, 6.45) is 1.44. The zero-order chi connectivity index (χ0) is 10.1. The second-order valence-corrected chi connectivity index (χ2v) is 3.48. The highest BCUT2D eigenvalue weighted by molar-refractivity contribution is 5.91. The molecule has 0 amide bonds. The smallest absolute Gasteiger partial charge is 0.140 e. The lowest BCUT2D eigenvalue weighted by Gasteiger charge is -2.24. The van der Waals surface area contributed by atoms with Crippen LogP contribution in [0.25, 0.3) is 0 Å². The van der Waals surface area contributed by atoms with Crippen LogP contribution in [0.1, 0.15) is 24.3 Å². The zero-order valence-electron chi connectivity index (χ0n) is 7.92. The van der Waals surface area contributed by atoms with Crippen molar-refractivity contribution in [2.24, 2.45) is 0 Å². The van der Waals surface area contributed by atoms with Crippen LogP contribution in [0, 0.1) is 5.82 Å². The number of hydrogen-bond acceptors (Lipinski definition) is 2. The molecule has 3 heteroatoms. The molecule has 0 radical (unpaired) electrons. The standard InChI is InChI=1S/C11H11FO2/c1-14-9-5-7(4-8(12)6-9)10-2-3-11(10)13/h4-6,10H,2-3H2,1H3. The van der Waals surface area contributed by atoms with Crippen LogP contribution in [0.3, 0.4) is 0 Å². The molecule has 74 valence electrons. The van der Waals surface area contributed by atoms with Gasteiger partial charge in [-0.15, -0.1) is 0 Å². The van der Waals surface area contributed by atoms with E-state index in [9.17, 15) is 9.18 Å². The van der Waals surface area contributed by atoms with Crippen molar-refractivity contribution >= 4 is 5.78 Å². The van der Waals surface area contributed by atoms with Crippen molar-refractivity contribution < 1.29 is 13.9 Å². The van der Waals surface area contributed by atoms with E-state index < -0.39 is 0 Å². The van der Waals surface area contributed by atoms with Gasteiger partial charge in [0, 0.05) is 18.4 Å². The van der Waals surface area contributed by atoms with E-state index in [1.165, 1.54) is 19.2 Å². The summed E-state index contributed by atoms with van der Waals surface area (Å²) in [6, 6.07) is 4.45. The molecule has 1 fully saturated rings. The van der Waals surface area contributed by atoms with E-state index in [0.29, 0.717) is 12.2 Å². The topological polar surface area (TPSA) is 26.3 Å². The van der Waals surface area contributed by atoms with Crippen LogP contribution in [-0.4, -0.2) is 12.9 Å². The monoisotopic (exact) mass is 194 g/mol. The number of halogens is 1. The van der Waals surface area contributed by atoms with Crippen molar-refractivity contribution in [3.63, 3.8) is 0 Å². The maximum absolute atomic E-state index is 13.1. The first-order valence-corrected chi connectivity index (χ1v) is 4.58. The molecular weight excluding hydrogens is 183 g/mol. The highest BCUT2D eigenvalue weighted by atomic mass is 19.1. The minimum Gasteiger partial charge on any atom is -0.497 e. The van der Waals surface area contributed by atoms with Gasteiger partial charge in [0.25, 0.3) is 0 Å². The van der Waals surface area contributed by atoms with Gasteiger partial charge in [0.2, 0.25) is 0 Å². The first-order chi connectivity index (χ1) is 6.70. The van der Waals surface area contributed by atoms with Crippen LogP contribution in [0.2, 0.25) is 0 Å². The molecule has 0 spiro atoms. The first kappa shape index (κ1) is 9.19. The average molecular weight is 194 g/mol. The highest BCUT2D eigenvalue weighted by Crippen LogP contribution is 2.34. The normalized spacial score (nSPS) is 20.4. The Morgan fingerprint density at radius 1 is 1.43 bits per heavy atom. The second-order valence-electron chi connectivity index (χ2n) is 3.48. The van der Waals surface area contributed by atoms with E-state index in [1.54, 1.807) is 6.07 Å². The molecular formula is C11H11FO2. The van der Waals surface area contributed by atoms with Crippen molar-refractivity contribution in [3.05, 3.63) is 29.6 Å². The van der Waals surface area contributed by atoms with Gasteiger partial charge in [-0.2, -0.15) is 0 Å². The number of rotatable bonds is 2. The molecule has 2 nitrogen and oxygen atoms in total. The predicted octanol–water partition coefficient (Wildman–Crippen LogP) is 2.28. The Balaban J connectivity index is 2.33. The summed E-state index contributed by atoms with van der Waals surface area (Å²) in [7, 11) is 1.49. The minimum atomic E-state index is -0.348. The van der Waals surface area contributed by atoms with Gasteiger partial charge in [0.05, 0.1) is 7.11 Å². The van der Waals surface area contributed by atoms with E-state index >= 15 is 0 Å². The Bertz CT molecular complexity index is 374. The molecule has 0 N–H and O–H groups in total. The Morgan fingerprint density at radius 2 is 2.21 bits per heavy atom. The Hall–Kier alpha value is -1.38. The van der Waals surface area contributed by atoms with E-state index in [2.05, 4.69) is 0 Å². The molecule has 0 saturated heterocycles. The van der Waals surface area contributed by atoms with Gasteiger partial charge in [-0.3, -0.25) is 4.79 Å². The van der Waals surface area contributed by atoms with Crippen molar-refractivity contribution in [1.29, 1.82) is 0 Å². The Kier molecular flexibility index (Phi) is 2.23. The number of methoxy groups -OCH3 is 1. The number of ketones is 1. The van der Waals surface area contributed by atoms with Crippen molar-refractivity contribution in [3.8, 4) is 5.75 Å². The summed E-state index contributed by atoms with van der Waals surface area (Å²) in [4.78, 5) is 11.2. The summed E-state index contributed by atoms with van der Waals surface area (Å²) < 4.78 is 18.0. The van der Waals surface area contributed by atoms with Crippen LogP contribution in [0.5, 0.6) is 5.75 Å². The average Bonchev–Trinajstić information content (AvgIpc) is 2.14. The largest absolute Gasteiger partial charge is 0.497 e. The molecule has 1 unspecified atom stereocenters. The third kappa shape index (κ3) is 1.50. The van der Waals surface area contributed by atoms with Crippen LogP contribution >= 0.6 is 0 Å². The van der Waals surface area contributed by atoms with Crippen molar-refractivity contribution in [2.75, 3.05) is 7.11 Å². The fraction of sp³-hybridized carbons (Fsp3) is 0.364. The molecule has 0 aromatic heterocycles. The Morgan fingerprint density at radius 3 is 2.71 bits per heavy atom. The zero-order valence-corrected chi connectivity index (χ0v) is 7.92. The summed E-state index contributed by atoms with van der Waals surface area (Å²) in [5.41, 5.74) is 0.734. The van der Waals surface area contributed by atoms with Crippen LogP contribution in [-0.2, 0) is 4.79 Å². The summed E-state index contributed by atoms with van der Waals surface area (Å²) in [6.45, 7) is 0. The number of carbonyl (C=O) groups is 1. The van der Waals surface area contributed by atoms with E-state index in [4.69, 9.17) is 4.74 Å².